The molecule has 1 fully saturated rings. The summed E-state index contributed by atoms with van der Waals surface area (Å²) in [5.74, 6) is 0.951. The summed E-state index contributed by atoms with van der Waals surface area (Å²) in [7, 11) is 0. The molecule has 1 aliphatic heterocycles. The van der Waals surface area contributed by atoms with Crippen LogP contribution in [0.3, 0.4) is 0 Å². The summed E-state index contributed by atoms with van der Waals surface area (Å²) in [5, 5.41) is 12.7. The Morgan fingerprint density at radius 1 is 1.09 bits per heavy atom. The molecule has 0 radical (unpaired) electrons. The predicted molar refractivity (Wildman–Crippen MR) is 126 cm³/mol. The van der Waals surface area contributed by atoms with Crippen LogP contribution < -0.4 is 11.1 Å². The topological polar surface area (TPSA) is 84.6 Å². The summed E-state index contributed by atoms with van der Waals surface area (Å²) < 4.78 is 4.53. The zero-order valence-electron chi connectivity index (χ0n) is 17.9. The highest BCUT2D eigenvalue weighted by Crippen LogP contribution is 2.36. The maximum atomic E-state index is 9.10. The standard InChI is InChI=1S/C26H24N6/c1-16-13-29-26-25-9-19(18-4-2-17(12-27)3-5-18)14-31(25)15-20-8-22(6-7-24(20)32(16)26)30-23-10-21(28)11-23/h2-9,13-14,21,23,30H,10-11,15,28H2,1H3. The Morgan fingerprint density at radius 2 is 1.91 bits per heavy atom. The van der Waals surface area contributed by atoms with E-state index in [2.05, 4.69) is 57.9 Å². The van der Waals surface area contributed by atoms with Crippen molar-refractivity contribution in [2.45, 2.75) is 38.4 Å². The van der Waals surface area contributed by atoms with Gasteiger partial charge >= 0.3 is 0 Å². The second kappa shape index (κ2) is 7.11. The first-order valence-corrected chi connectivity index (χ1v) is 11.0. The van der Waals surface area contributed by atoms with Crippen LogP contribution in [0.5, 0.6) is 0 Å². The molecule has 0 saturated heterocycles. The number of nitriles is 1. The van der Waals surface area contributed by atoms with Gasteiger partial charge in [0.1, 0.15) is 0 Å². The number of nitrogens with one attached hydrogen (secondary N) is 1. The quantitative estimate of drug-likeness (QED) is 0.452. The van der Waals surface area contributed by atoms with Crippen molar-refractivity contribution in [1.82, 2.24) is 14.1 Å². The van der Waals surface area contributed by atoms with Crippen LogP contribution >= 0.6 is 0 Å². The van der Waals surface area contributed by atoms with Gasteiger partial charge in [-0.25, -0.2) is 4.98 Å². The van der Waals surface area contributed by atoms with E-state index in [9.17, 15) is 0 Å². The average molecular weight is 421 g/mol. The summed E-state index contributed by atoms with van der Waals surface area (Å²) in [4.78, 5) is 4.76. The maximum Gasteiger partial charge on any atom is 0.161 e. The molecule has 4 aromatic rings. The van der Waals surface area contributed by atoms with Crippen LogP contribution in [0.2, 0.25) is 0 Å². The molecule has 3 N–H and O–H groups in total. The SMILES string of the molecule is Cc1cnc2n1-c1ccc(NC3CC(N)C3)cc1Cn1cc(-c3ccc(C#N)cc3)cc1-2. The van der Waals surface area contributed by atoms with Crippen LogP contribution in [0.1, 0.15) is 29.7 Å². The third-order valence-electron chi connectivity index (χ3n) is 6.62. The number of aryl methyl sites for hydroxylation is 1. The minimum Gasteiger partial charge on any atom is -0.382 e. The van der Waals surface area contributed by atoms with Gasteiger partial charge < -0.3 is 15.6 Å². The van der Waals surface area contributed by atoms with Crippen molar-refractivity contribution in [2.24, 2.45) is 5.73 Å². The van der Waals surface area contributed by atoms with E-state index < -0.39 is 0 Å². The van der Waals surface area contributed by atoms with Gasteiger partial charge in [0.2, 0.25) is 0 Å². The minimum atomic E-state index is 0.326. The molecule has 0 bridgehead atoms. The van der Waals surface area contributed by atoms with Gasteiger partial charge in [0.15, 0.2) is 5.82 Å². The highest BCUT2D eigenvalue weighted by molar-refractivity contribution is 5.72. The van der Waals surface area contributed by atoms with E-state index >= 15 is 0 Å². The van der Waals surface area contributed by atoms with E-state index in [-0.39, 0.29) is 0 Å². The summed E-state index contributed by atoms with van der Waals surface area (Å²) in [5.41, 5.74) is 14.6. The van der Waals surface area contributed by atoms with Crippen LogP contribution in [-0.2, 0) is 6.54 Å². The molecular weight excluding hydrogens is 396 g/mol. The van der Waals surface area contributed by atoms with Gasteiger partial charge in [0, 0.05) is 48.0 Å². The maximum absolute atomic E-state index is 9.10. The van der Waals surface area contributed by atoms with E-state index in [0.29, 0.717) is 17.6 Å². The number of nitrogens with two attached hydrogens (primary N) is 1. The van der Waals surface area contributed by atoms with Crippen molar-refractivity contribution in [3.05, 3.63) is 77.7 Å². The monoisotopic (exact) mass is 420 g/mol. The summed E-state index contributed by atoms with van der Waals surface area (Å²) in [6, 6.07) is 19.5. The van der Waals surface area contributed by atoms with E-state index in [1.54, 1.807) is 0 Å². The van der Waals surface area contributed by atoms with Crippen LogP contribution in [0.15, 0.2) is 60.9 Å². The number of rotatable bonds is 3. The molecule has 1 aliphatic carbocycles. The Bertz CT molecular complexity index is 1360. The Morgan fingerprint density at radius 3 is 2.66 bits per heavy atom. The third-order valence-corrected chi connectivity index (χ3v) is 6.62. The smallest absolute Gasteiger partial charge is 0.161 e. The zero-order chi connectivity index (χ0) is 21.8. The fourth-order valence-electron chi connectivity index (χ4n) is 4.86. The molecule has 3 heterocycles. The fourth-order valence-corrected chi connectivity index (χ4v) is 4.86. The van der Waals surface area contributed by atoms with Crippen LogP contribution in [-0.4, -0.2) is 26.2 Å². The van der Waals surface area contributed by atoms with Crippen LogP contribution in [0.4, 0.5) is 5.69 Å². The molecule has 32 heavy (non-hydrogen) atoms. The Balaban J connectivity index is 1.43. The van der Waals surface area contributed by atoms with Crippen molar-refractivity contribution in [2.75, 3.05) is 5.32 Å². The Kier molecular flexibility index (Phi) is 4.20. The number of anilines is 1. The first kappa shape index (κ1) is 18.9. The summed E-state index contributed by atoms with van der Waals surface area (Å²) in [6.45, 7) is 2.87. The first-order valence-electron chi connectivity index (χ1n) is 11.0. The number of imidazole rings is 1. The molecule has 0 amide bonds. The number of hydrogen-bond donors (Lipinski definition) is 2. The van der Waals surface area contributed by atoms with Crippen molar-refractivity contribution in [3.8, 4) is 34.4 Å². The molecule has 1 saturated carbocycles. The van der Waals surface area contributed by atoms with Crippen molar-refractivity contribution < 1.29 is 0 Å². The van der Waals surface area contributed by atoms with Crippen LogP contribution in [0.25, 0.3) is 28.3 Å². The second-order valence-electron chi connectivity index (χ2n) is 8.91. The van der Waals surface area contributed by atoms with E-state index in [1.165, 1.54) is 11.3 Å². The van der Waals surface area contributed by atoms with E-state index in [4.69, 9.17) is 16.0 Å². The fraction of sp³-hybridized carbons (Fsp3) is 0.231. The van der Waals surface area contributed by atoms with E-state index in [1.807, 2.05) is 30.5 Å². The van der Waals surface area contributed by atoms with Gasteiger partial charge in [-0.15, -0.1) is 0 Å². The summed E-state index contributed by atoms with van der Waals surface area (Å²) >= 11 is 0. The largest absolute Gasteiger partial charge is 0.382 e. The highest BCUT2D eigenvalue weighted by atomic mass is 15.1. The first-order chi connectivity index (χ1) is 15.6. The van der Waals surface area contributed by atoms with Gasteiger partial charge in [-0.1, -0.05) is 12.1 Å². The molecule has 6 heteroatoms. The zero-order valence-corrected chi connectivity index (χ0v) is 17.9. The molecule has 158 valence electrons. The lowest BCUT2D eigenvalue weighted by atomic mass is 9.87. The van der Waals surface area contributed by atoms with Crippen molar-refractivity contribution in [1.29, 1.82) is 5.26 Å². The van der Waals surface area contributed by atoms with Gasteiger partial charge in [-0.05, 0) is 67.3 Å². The number of fused-ring (bicyclic) bond motifs is 5. The number of hydrogen-bond acceptors (Lipinski definition) is 4. The lowest BCUT2D eigenvalue weighted by Gasteiger charge is -2.34. The number of benzene rings is 2. The van der Waals surface area contributed by atoms with Crippen molar-refractivity contribution >= 4 is 5.69 Å². The van der Waals surface area contributed by atoms with Gasteiger partial charge in [0.05, 0.1) is 23.0 Å². The molecule has 6 nitrogen and oxygen atoms in total. The van der Waals surface area contributed by atoms with Gasteiger partial charge in [0.25, 0.3) is 0 Å². The lowest BCUT2D eigenvalue weighted by molar-refractivity contribution is 0.373. The minimum absolute atomic E-state index is 0.326. The molecule has 2 aromatic heterocycles. The highest BCUT2D eigenvalue weighted by Gasteiger charge is 2.27. The molecule has 6 rings (SSSR count). The van der Waals surface area contributed by atoms with Gasteiger partial charge in [-0.3, -0.25) is 4.57 Å². The molecule has 0 unspecified atom stereocenters. The van der Waals surface area contributed by atoms with E-state index in [0.717, 1.165) is 53.4 Å². The molecule has 2 aromatic carbocycles. The molecule has 2 aliphatic rings. The number of nitrogens with zero attached hydrogens (tertiary/aromatic N) is 4. The third kappa shape index (κ3) is 3.02. The summed E-state index contributed by atoms with van der Waals surface area (Å²) in [6.07, 6.45) is 6.17. The normalized spacial score (nSPS) is 18.5. The average Bonchev–Trinajstić information content (AvgIpc) is 3.33. The lowest BCUT2D eigenvalue weighted by Crippen LogP contribution is -2.44. The van der Waals surface area contributed by atoms with Crippen molar-refractivity contribution in [3.63, 3.8) is 0 Å². The Hall–Kier alpha value is -3.82. The second-order valence-corrected chi connectivity index (χ2v) is 8.91. The number of aromatic nitrogens is 3. The van der Waals surface area contributed by atoms with Crippen LogP contribution in [0, 0.1) is 18.3 Å². The molecule has 0 spiro atoms. The predicted octanol–water partition coefficient (Wildman–Crippen LogP) is 4.45. The Labute approximate surface area is 186 Å². The van der Waals surface area contributed by atoms with Gasteiger partial charge in [-0.2, -0.15) is 5.26 Å². The molecular formula is C26H24N6. The molecule has 0 atom stereocenters.